The summed E-state index contributed by atoms with van der Waals surface area (Å²) in [7, 11) is 0. The Morgan fingerprint density at radius 1 is 1.60 bits per heavy atom. The van der Waals surface area contributed by atoms with Gasteiger partial charge in [-0.05, 0) is 0 Å². The molecule has 7 nitrogen and oxygen atoms in total. The molecular formula is C12H14FN3O4. The maximum atomic E-state index is 13.9. The Labute approximate surface area is 112 Å². The largest absolute Gasteiger partial charge is 0.394 e. The van der Waals surface area contributed by atoms with Gasteiger partial charge < -0.3 is 24.5 Å². The molecule has 1 saturated heterocycles. The van der Waals surface area contributed by atoms with Crippen molar-refractivity contribution < 1.29 is 19.3 Å². The Hall–Kier alpha value is -1.77. The van der Waals surface area contributed by atoms with Crippen LogP contribution < -0.4 is 5.56 Å². The van der Waals surface area contributed by atoms with Gasteiger partial charge in [-0.25, -0.2) is 9.37 Å². The van der Waals surface area contributed by atoms with E-state index in [-0.39, 0.29) is 23.6 Å². The fraction of sp³-hybridized carbons (Fsp3) is 0.500. The number of hydrogen-bond acceptors (Lipinski definition) is 5. The number of rotatable bonds is 2. The Balaban J connectivity index is 2.12. The highest BCUT2D eigenvalue weighted by Gasteiger charge is 2.42. The summed E-state index contributed by atoms with van der Waals surface area (Å²) < 4.78 is 20.7. The van der Waals surface area contributed by atoms with Crippen LogP contribution in [-0.2, 0) is 4.74 Å². The van der Waals surface area contributed by atoms with E-state index in [2.05, 4.69) is 9.97 Å². The normalized spacial score (nSPS) is 30.2. The topological polar surface area (TPSA) is 100 Å². The number of fused-ring (bicyclic) bond motifs is 1. The quantitative estimate of drug-likeness (QED) is 0.705. The van der Waals surface area contributed by atoms with E-state index in [0.717, 1.165) is 12.5 Å². The molecule has 2 aromatic heterocycles. The third kappa shape index (κ3) is 1.76. The van der Waals surface area contributed by atoms with Gasteiger partial charge in [0, 0.05) is 12.1 Å². The first-order valence-electron chi connectivity index (χ1n) is 6.22. The van der Waals surface area contributed by atoms with E-state index in [1.165, 1.54) is 4.57 Å². The molecule has 2 aromatic rings. The van der Waals surface area contributed by atoms with Crippen LogP contribution in [0, 0.1) is 11.7 Å². The minimum Gasteiger partial charge on any atom is -0.394 e. The van der Waals surface area contributed by atoms with Gasteiger partial charge in [0.2, 0.25) is 0 Å². The molecule has 1 aliphatic rings. The number of aliphatic hydroxyl groups excluding tert-OH is 2. The third-order valence-electron chi connectivity index (χ3n) is 3.75. The van der Waals surface area contributed by atoms with Gasteiger partial charge in [0.1, 0.15) is 11.5 Å². The van der Waals surface area contributed by atoms with Crippen molar-refractivity contribution in [2.45, 2.75) is 25.4 Å². The fourth-order valence-electron chi connectivity index (χ4n) is 2.55. The van der Waals surface area contributed by atoms with Crippen molar-refractivity contribution in [3.8, 4) is 0 Å². The predicted octanol–water partition coefficient (Wildman–Crippen LogP) is -0.250. The smallest absolute Gasteiger partial charge is 0.263 e. The molecule has 1 aliphatic heterocycles. The highest BCUT2D eigenvalue weighted by Crippen LogP contribution is 2.35. The Bertz CT molecular complexity index is 698. The van der Waals surface area contributed by atoms with Crippen LogP contribution in [0.5, 0.6) is 0 Å². The number of aliphatic hydroxyl groups is 2. The molecule has 3 rings (SSSR count). The van der Waals surface area contributed by atoms with Gasteiger partial charge in [0.25, 0.3) is 5.56 Å². The second-order valence-electron chi connectivity index (χ2n) is 4.91. The first kappa shape index (κ1) is 13.2. The van der Waals surface area contributed by atoms with E-state index < -0.39 is 29.8 Å². The molecule has 0 amide bonds. The Morgan fingerprint density at radius 2 is 2.35 bits per heavy atom. The van der Waals surface area contributed by atoms with Gasteiger partial charge in [-0.15, -0.1) is 0 Å². The van der Waals surface area contributed by atoms with Crippen molar-refractivity contribution in [2.24, 2.45) is 5.92 Å². The lowest BCUT2D eigenvalue weighted by atomic mass is 10.0. The maximum absolute atomic E-state index is 13.9. The molecule has 1 fully saturated rings. The summed E-state index contributed by atoms with van der Waals surface area (Å²) >= 11 is 0. The van der Waals surface area contributed by atoms with Crippen molar-refractivity contribution in [3.05, 3.63) is 28.7 Å². The van der Waals surface area contributed by atoms with Crippen LogP contribution in [0.15, 0.2) is 17.3 Å². The molecule has 1 unspecified atom stereocenters. The van der Waals surface area contributed by atoms with Crippen molar-refractivity contribution in [1.29, 1.82) is 0 Å². The second-order valence-corrected chi connectivity index (χ2v) is 4.91. The number of H-pyrrole nitrogens is 1. The van der Waals surface area contributed by atoms with Crippen LogP contribution in [0.25, 0.3) is 11.0 Å². The van der Waals surface area contributed by atoms with E-state index in [0.29, 0.717) is 0 Å². The summed E-state index contributed by atoms with van der Waals surface area (Å²) in [6.07, 6.45) is -0.119. The lowest BCUT2D eigenvalue weighted by molar-refractivity contribution is -0.0491. The van der Waals surface area contributed by atoms with Crippen LogP contribution >= 0.6 is 0 Å². The van der Waals surface area contributed by atoms with E-state index in [1.807, 2.05) is 0 Å². The minimum absolute atomic E-state index is 0.0982. The van der Waals surface area contributed by atoms with Gasteiger partial charge in [-0.1, -0.05) is 6.92 Å². The number of nitrogens with one attached hydrogen (secondary N) is 1. The van der Waals surface area contributed by atoms with Gasteiger partial charge in [0.05, 0.1) is 19.0 Å². The molecule has 8 heteroatoms. The summed E-state index contributed by atoms with van der Waals surface area (Å²) in [5.41, 5.74) is -0.494. The minimum atomic E-state index is -0.928. The molecule has 20 heavy (non-hydrogen) atoms. The third-order valence-corrected chi connectivity index (χ3v) is 3.75. The molecule has 0 spiro atoms. The molecule has 0 bridgehead atoms. The molecule has 4 atom stereocenters. The number of nitrogens with zero attached hydrogens (tertiary/aromatic N) is 2. The first-order valence-corrected chi connectivity index (χ1v) is 6.22. The molecule has 0 aromatic carbocycles. The molecule has 0 saturated carbocycles. The number of aromatic nitrogens is 3. The van der Waals surface area contributed by atoms with Crippen LogP contribution in [0.2, 0.25) is 0 Å². The standard InChI is InChI=1S/C12H14FN3O4/c1-5-7(3-17)20-12(9(5)18)16-2-6(13)8-10(16)14-4-15-11(8)19/h2,4-5,7,9,12,17-18H,3H2,1H3,(H,14,15,19)/t5-,7?,9-,12-/m1/s1. The van der Waals surface area contributed by atoms with Gasteiger partial charge in [-0.2, -0.15) is 0 Å². The van der Waals surface area contributed by atoms with Gasteiger partial charge in [0.15, 0.2) is 17.7 Å². The van der Waals surface area contributed by atoms with Crippen molar-refractivity contribution in [1.82, 2.24) is 14.5 Å². The van der Waals surface area contributed by atoms with E-state index in [9.17, 15) is 19.4 Å². The molecule has 108 valence electrons. The SMILES string of the molecule is C[C@@H]1C(CO)O[C@@H](n2cc(F)c3c(=O)[nH]cnc32)[C@@H]1O. The molecule has 3 heterocycles. The summed E-state index contributed by atoms with van der Waals surface area (Å²) in [6, 6.07) is 0. The van der Waals surface area contributed by atoms with Crippen molar-refractivity contribution >= 4 is 11.0 Å². The Kier molecular flexibility index (Phi) is 3.08. The van der Waals surface area contributed by atoms with E-state index in [1.54, 1.807) is 6.92 Å². The molecule has 0 radical (unpaired) electrons. The number of aromatic amines is 1. The lowest BCUT2D eigenvalue weighted by Crippen LogP contribution is -2.25. The summed E-state index contributed by atoms with van der Waals surface area (Å²) in [5, 5.41) is 19.2. The lowest BCUT2D eigenvalue weighted by Gasteiger charge is -2.17. The highest BCUT2D eigenvalue weighted by molar-refractivity contribution is 5.75. The number of halogens is 1. The Morgan fingerprint density at radius 3 is 3.00 bits per heavy atom. The van der Waals surface area contributed by atoms with E-state index in [4.69, 9.17) is 4.74 Å². The van der Waals surface area contributed by atoms with E-state index >= 15 is 0 Å². The molecule has 0 aliphatic carbocycles. The summed E-state index contributed by atoms with van der Waals surface area (Å²) in [5.74, 6) is -1.04. The average molecular weight is 283 g/mol. The monoisotopic (exact) mass is 283 g/mol. The first-order chi connectivity index (χ1) is 9.54. The zero-order valence-corrected chi connectivity index (χ0v) is 10.7. The van der Waals surface area contributed by atoms with Crippen molar-refractivity contribution in [2.75, 3.05) is 6.61 Å². The van der Waals surface area contributed by atoms with Crippen molar-refractivity contribution in [3.63, 3.8) is 0 Å². The maximum Gasteiger partial charge on any atom is 0.263 e. The zero-order chi connectivity index (χ0) is 14.4. The molecule has 3 N–H and O–H groups in total. The second kappa shape index (κ2) is 4.65. The van der Waals surface area contributed by atoms with Crippen LogP contribution in [-0.4, -0.2) is 43.6 Å². The summed E-state index contributed by atoms with van der Waals surface area (Å²) in [6.45, 7) is 1.48. The van der Waals surface area contributed by atoms with Crippen LogP contribution in [0.4, 0.5) is 4.39 Å². The fourth-order valence-corrected chi connectivity index (χ4v) is 2.55. The number of hydrogen-bond donors (Lipinski definition) is 3. The average Bonchev–Trinajstić information content (AvgIpc) is 2.90. The number of ether oxygens (including phenoxy) is 1. The summed E-state index contributed by atoms with van der Waals surface area (Å²) in [4.78, 5) is 17.8. The zero-order valence-electron chi connectivity index (χ0n) is 10.7. The highest BCUT2D eigenvalue weighted by atomic mass is 19.1. The van der Waals surface area contributed by atoms with Gasteiger partial charge in [-0.3, -0.25) is 4.79 Å². The molecular weight excluding hydrogens is 269 g/mol. The predicted molar refractivity (Wildman–Crippen MR) is 66.5 cm³/mol. The van der Waals surface area contributed by atoms with Crippen LogP contribution in [0.3, 0.4) is 0 Å². The van der Waals surface area contributed by atoms with Gasteiger partial charge >= 0.3 is 0 Å². The van der Waals surface area contributed by atoms with Crippen LogP contribution in [0.1, 0.15) is 13.2 Å².